The van der Waals surface area contributed by atoms with E-state index >= 15 is 0 Å². The number of rotatable bonds is 5. The normalized spacial score (nSPS) is 10.7. The van der Waals surface area contributed by atoms with E-state index in [4.69, 9.17) is 11.6 Å². The van der Waals surface area contributed by atoms with Gasteiger partial charge in [0.05, 0.1) is 16.5 Å². The summed E-state index contributed by atoms with van der Waals surface area (Å²) in [5.74, 6) is 0.901. The lowest BCUT2D eigenvalue weighted by Gasteiger charge is -2.01. The van der Waals surface area contributed by atoms with Crippen molar-refractivity contribution in [3.8, 4) is 0 Å². The van der Waals surface area contributed by atoms with Crippen LogP contribution in [-0.4, -0.2) is 4.98 Å². The Morgan fingerprint density at radius 2 is 2.18 bits per heavy atom. The van der Waals surface area contributed by atoms with E-state index in [0.717, 1.165) is 28.5 Å². The Bertz CT molecular complexity index is 482. The van der Waals surface area contributed by atoms with Crippen LogP contribution in [0.1, 0.15) is 24.0 Å². The first-order valence-electron chi connectivity index (χ1n) is 5.60. The van der Waals surface area contributed by atoms with E-state index in [2.05, 4.69) is 17.3 Å². The van der Waals surface area contributed by atoms with Gasteiger partial charge in [-0.25, -0.2) is 4.98 Å². The number of hydrogen-bond acceptors (Lipinski definition) is 3. The lowest BCUT2D eigenvalue weighted by Crippen LogP contribution is -1.85. The Balaban J connectivity index is 1.95. The van der Waals surface area contributed by atoms with Crippen LogP contribution in [-0.2, 0) is 12.2 Å². The summed E-state index contributed by atoms with van der Waals surface area (Å²) in [5.41, 5.74) is 1.22. The number of hydrogen-bond donors (Lipinski definition) is 0. The van der Waals surface area contributed by atoms with Gasteiger partial charge in [-0.15, -0.1) is 23.1 Å². The van der Waals surface area contributed by atoms with E-state index < -0.39 is 0 Å². The highest BCUT2D eigenvalue weighted by molar-refractivity contribution is 7.98. The van der Waals surface area contributed by atoms with Gasteiger partial charge in [0, 0.05) is 10.3 Å². The van der Waals surface area contributed by atoms with Crippen molar-refractivity contribution in [3.05, 3.63) is 45.4 Å². The summed E-state index contributed by atoms with van der Waals surface area (Å²) >= 11 is 9.59. The maximum atomic E-state index is 6.11. The van der Waals surface area contributed by atoms with Crippen molar-refractivity contribution >= 4 is 34.7 Å². The van der Waals surface area contributed by atoms with Crippen molar-refractivity contribution < 1.29 is 0 Å². The minimum atomic E-state index is 0.822. The molecule has 0 aliphatic carbocycles. The molecular weight excluding hydrogens is 270 g/mol. The molecule has 0 aliphatic heterocycles. The molecule has 0 N–H and O–H groups in total. The summed E-state index contributed by atoms with van der Waals surface area (Å²) in [7, 11) is 0. The molecule has 1 aromatic carbocycles. The predicted octanol–water partition coefficient (Wildman–Crippen LogP) is 5.04. The van der Waals surface area contributed by atoms with Crippen LogP contribution in [0.15, 0.2) is 34.5 Å². The van der Waals surface area contributed by atoms with Gasteiger partial charge in [0.1, 0.15) is 5.01 Å². The Hall–Kier alpha value is -0.510. The van der Waals surface area contributed by atoms with Gasteiger partial charge in [0.2, 0.25) is 0 Å². The van der Waals surface area contributed by atoms with Crippen LogP contribution in [0.2, 0.25) is 5.02 Å². The Morgan fingerprint density at radius 3 is 2.94 bits per heavy atom. The topological polar surface area (TPSA) is 12.9 Å². The fraction of sp³-hybridized carbons (Fsp3) is 0.308. The zero-order valence-electron chi connectivity index (χ0n) is 9.65. The molecule has 0 saturated heterocycles. The number of benzene rings is 1. The molecule has 0 unspecified atom stereocenters. The molecule has 0 spiro atoms. The molecule has 1 nitrogen and oxygen atoms in total. The van der Waals surface area contributed by atoms with Crippen LogP contribution in [0, 0.1) is 0 Å². The summed E-state index contributed by atoms with van der Waals surface area (Å²) in [6, 6.07) is 7.94. The molecule has 17 heavy (non-hydrogen) atoms. The van der Waals surface area contributed by atoms with E-state index in [9.17, 15) is 0 Å². The lowest BCUT2D eigenvalue weighted by atomic mass is 10.3. The van der Waals surface area contributed by atoms with Crippen LogP contribution in [0.5, 0.6) is 0 Å². The van der Waals surface area contributed by atoms with Crippen LogP contribution in [0.3, 0.4) is 0 Å². The first-order valence-corrected chi connectivity index (χ1v) is 7.84. The summed E-state index contributed by atoms with van der Waals surface area (Å²) in [4.78, 5) is 5.73. The molecule has 2 rings (SSSR count). The standard InChI is InChI=1S/C13H14ClNS2/c1-2-5-10-8-17-13(15-10)9-16-12-7-4-3-6-11(12)14/h3-4,6-8H,2,5,9H2,1H3. The van der Waals surface area contributed by atoms with Gasteiger partial charge in [-0.3, -0.25) is 0 Å². The Morgan fingerprint density at radius 1 is 1.35 bits per heavy atom. The smallest absolute Gasteiger partial charge is 0.103 e. The van der Waals surface area contributed by atoms with Gasteiger partial charge >= 0.3 is 0 Å². The first kappa shape index (κ1) is 12.9. The van der Waals surface area contributed by atoms with Crippen LogP contribution >= 0.6 is 34.7 Å². The highest BCUT2D eigenvalue weighted by Crippen LogP contribution is 2.30. The number of thioether (sulfide) groups is 1. The van der Waals surface area contributed by atoms with Gasteiger partial charge in [-0.2, -0.15) is 0 Å². The summed E-state index contributed by atoms with van der Waals surface area (Å²) in [5, 5.41) is 4.16. The number of aryl methyl sites for hydroxylation is 1. The van der Waals surface area contributed by atoms with Gasteiger partial charge in [0.15, 0.2) is 0 Å². The second-order valence-corrected chi connectivity index (χ2v) is 6.07. The molecule has 0 amide bonds. The van der Waals surface area contributed by atoms with Crippen molar-refractivity contribution in [2.75, 3.05) is 0 Å². The molecule has 0 fully saturated rings. The minimum Gasteiger partial charge on any atom is -0.245 e. The Labute approximate surface area is 115 Å². The minimum absolute atomic E-state index is 0.822. The highest BCUT2D eigenvalue weighted by atomic mass is 35.5. The third kappa shape index (κ3) is 3.73. The van der Waals surface area contributed by atoms with E-state index in [1.165, 1.54) is 10.7 Å². The fourth-order valence-corrected chi connectivity index (χ4v) is 3.57. The zero-order chi connectivity index (χ0) is 12.1. The lowest BCUT2D eigenvalue weighted by molar-refractivity contribution is 0.887. The molecule has 0 atom stereocenters. The second-order valence-electron chi connectivity index (χ2n) is 3.70. The molecule has 0 bridgehead atoms. The maximum absolute atomic E-state index is 6.11. The van der Waals surface area contributed by atoms with Crippen LogP contribution in [0.25, 0.3) is 0 Å². The van der Waals surface area contributed by atoms with Gasteiger partial charge in [-0.05, 0) is 18.6 Å². The highest BCUT2D eigenvalue weighted by Gasteiger charge is 2.04. The van der Waals surface area contributed by atoms with Crippen molar-refractivity contribution in [3.63, 3.8) is 0 Å². The molecule has 0 radical (unpaired) electrons. The van der Waals surface area contributed by atoms with E-state index in [0.29, 0.717) is 0 Å². The Kier molecular flexibility index (Phi) is 4.89. The summed E-state index contributed by atoms with van der Waals surface area (Å²) in [6.07, 6.45) is 2.23. The molecule has 2 aromatic rings. The molecule has 0 saturated carbocycles. The first-order chi connectivity index (χ1) is 8.29. The van der Waals surface area contributed by atoms with Gasteiger partial charge in [0.25, 0.3) is 0 Å². The third-order valence-electron chi connectivity index (χ3n) is 2.29. The van der Waals surface area contributed by atoms with E-state index in [1.807, 2.05) is 24.3 Å². The zero-order valence-corrected chi connectivity index (χ0v) is 12.0. The van der Waals surface area contributed by atoms with Crippen molar-refractivity contribution in [1.82, 2.24) is 4.98 Å². The summed E-state index contributed by atoms with van der Waals surface area (Å²) < 4.78 is 0. The SMILES string of the molecule is CCCc1csc(CSc2ccccc2Cl)n1. The third-order valence-corrected chi connectivity index (χ3v) is 4.90. The maximum Gasteiger partial charge on any atom is 0.103 e. The summed E-state index contributed by atoms with van der Waals surface area (Å²) in [6.45, 7) is 2.18. The van der Waals surface area contributed by atoms with Crippen LogP contribution < -0.4 is 0 Å². The molecule has 1 heterocycles. The van der Waals surface area contributed by atoms with Crippen molar-refractivity contribution in [2.24, 2.45) is 0 Å². The number of nitrogens with zero attached hydrogens (tertiary/aromatic N) is 1. The largest absolute Gasteiger partial charge is 0.245 e. The van der Waals surface area contributed by atoms with Gasteiger partial charge in [-0.1, -0.05) is 37.1 Å². The number of aromatic nitrogens is 1. The number of thiazole rings is 1. The number of halogens is 1. The molecular formula is C13H14ClNS2. The molecule has 90 valence electrons. The van der Waals surface area contributed by atoms with Crippen molar-refractivity contribution in [2.45, 2.75) is 30.4 Å². The predicted molar refractivity (Wildman–Crippen MR) is 77.1 cm³/mol. The molecule has 1 aromatic heterocycles. The van der Waals surface area contributed by atoms with E-state index in [-0.39, 0.29) is 0 Å². The molecule has 0 aliphatic rings. The fourth-order valence-electron chi connectivity index (χ4n) is 1.49. The molecule has 4 heteroatoms. The van der Waals surface area contributed by atoms with Crippen LogP contribution in [0.4, 0.5) is 0 Å². The average molecular weight is 284 g/mol. The van der Waals surface area contributed by atoms with E-state index in [1.54, 1.807) is 23.1 Å². The van der Waals surface area contributed by atoms with Gasteiger partial charge < -0.3 is 0 Å². The monoisotopic (exact) mass is 283 g/mol. The quantitative estimate of drug-likeness (QED) is 0.713. The second kappa shape index (κ2) is 6.43. The average Bonchev–Trinajstić information content (AvgIpc) is 2.76. The van der Waals surface area contributed by atoms with Crippen molar-refractivity contribution in [1.29, 1.82) is 0 Å².